The molecule has 0 amide bonds. The summed E-state index contributed by atoms with van der Waals surface area (Å²) in [5.41, 5.74) is -2.33. The Balaban J connectivity index is 2.86. The summed E-state index contributed by atoms with van der Waals surface area (Å²) in [6.07, 6.45) is -3.20. The van der Waals surface area contributed by atoms with Gasteiger partial charge in [0.05, 0.1) is 23.2 Å². The van der Waals surface area contributed by atoms with E-state index in [0.29, 0.717) is 0 Å². The molecule has 2 rings (SSSR count). The van der Waals surface area contributed by atoms with Crippen LogP contribution >= 0.6 is 0 Å². The first-order valence-electron chi connectivity index (χ1n) is 6.75. The van der Waals surface area contributed by atoms with Crippen molar-refractivity contribution in [2.45, 2.75) is 19.3 Å². The SMILES string of the molecule is C=CCn1c(=O)c(=O)n(CCOC)c2ccc(C(F)(F)F)cc21. The van der Waals surface area contributed by atoms with Crippen LogP contribution in [0.2, 0.25) is 0 Å². The van der Waals surface area contributed by atoms with Crippen molar-refractivity contribution < 1.29 is 17.9 Å². The number of halogens is 3. The van der Waals surface area contributed by atoms with E-state index in [1.54, 1.807) is 0 Å². The Hall–Kier alpha value is -2.35. The molecule has 1 aromatic heterocycles. The van der Waals surface area contributed by atoms with E-state index < -0.39 is 22.9 Å². The zero-order valence-electron chi connectivity index (χ0n) is 12.4. The van der Waals surface area contributed by atoms with Gasteiger partial charge in [-0.3, -0.25) is 18.7 Å². The molecule has 0 spiro atoms. The van der Waals surface area contributed by atoms with E-state index in [1.807, 2.05) is 0 Å². The summed E-state index contributed by atoms with van der Waals surface area (Å²) in [6.45, 7) is 3.63. The second-order valence-corrected chi connectivity index (χ2v) is 4.86. The number of aromatic nitrogens is 2. The van der Waals surface area contributed by atoms with Crippen LogP contribution in [0.1, 0.15) is 5.56 Å². The third-order valence-electron chi connectivity index (χ3n) is 3.39. The maximum atomic E-state index is 12.9. The summed E-state index contributed by atoms with van der Waals surface area (Å²) in [5.74, 6) is 0. The Morgan fingerprint density at radius 3 is 2.39 bits per heavy atom. The van der Waals surface area contributed by atoms with E-state index in [0.717, 1.165) is 21.3 Å². The molecular weight excluding hydrogens is 313 g/mol. The molecule has 0 radical (unpaired) electrons. The van der Waals surface area contributed by atoms with E-state index in [4.69, 9.17) is 4.74 Å². The molecule has 1 heterocycles. The smallest absolute Gasteiger partial charge is 0.383 e. The second kappa shape index (κ2) is 6.41. The second-order valence-electron chi connectivity index (χ2n) is 4.86. The fraction of sp³-hybridized carbons (Fsp3) is 0.333. The van der Waals surface area contributed by atoms with Crippen LogP contribution in [-0.2, 0) is 24.0 Å². The van der Waals surface area contributed by atoms with Crippen LogP contribution < -0.4 is 11.1 Å². The lowest BCUT2D eigenvalue weighted by Gasteiger charge is -2.15. The number of fused-ring (bicyclic) bond motifs is 1. The largest absolute Gasteiger partial charge is 0.416 e. The van der Waals surface area contributed by atoms with Gasteiger partial charge in [0.25, 0.3) is 0 Å². The van der Waals surface area contributed by atoms with Gasteiger partial charge in [-0.05, 0) is 18.2 Å². The highest BCUT2D eigenvalue weighted by molar-refractivity contribution is 5.76. The Labute approximate surface area is 129 Å². The van der Waals surface area contributed by atoms with Crippen molar-refractivity contribution >= 4 is 11.0 Å². The Morgan fingerprint density at radius 2 is 1.83 bits per heavy atom. The normalized spacial score (nSPS) is 11.8. The maximum absolute atomic E-state index is 12.9. The molecule has 1 aromatic carbocycles. The van der Waals surface area contributed by atoms with Gasteiger partial charge in [-0.15, -0.1) is 6.58 Å². The van der Waals surface area contributed by atoms with Crippen molar-refractivity contribution in [1.29, 1.82) is 0 Å². The van der Waals surface area contributed by atoms with E-state index in [1.165, 1.54) is 19.3 Å². The lowest BCUT2D eigenvalue weighted by molar-refractivity contribution is -0.137. The highest BCUT2D eigenvalue weighted by Crippen LogP contribution is 2.30. The number of benzene rings is 1. The number of allylic oxidation sites excluding steroid dienone is 1. The lowest BCUT2D eigenvalue weighted by Crippen LogP contribution is -2.42. The Kier molecular flexibility index (Phi) is 4.74. The third-order valence-corrected chi connectivity index (χ3v) is 3.39. The minimum absolute atomic E-state index is 0.0282. The molecule has 5 nitrogen and oxygen atoms in total. The van der Waals surface area contributed by atoms with Crippen molar-refractivity contribution in [2.75, 3.05) is 13.7 Å². The summed E-state index contributed by atoms with van der Waals surface area (Å²) < 4.78 is 45.8. The Morgan fingerprint density at radius 1 is 1.17 bits per heavy atom. The van der Waals surface area contributed by atoms with E-state index in [9.17, 15) is 22.8 Å². The molecule has 0 aliphatic heterocycles. The molecule has 2 aromatic rings. The molecule has 0 N–H and O–H groups in total. The zero-order chi connectivity index (χ0) is 17.2. The van der Waals surface area contributed by atoms with Crippen molar-refractivity contribution in [3.63, 3.8) is 0 Å². The fourth-order valence-corrected chi connectivity index (χ4v) is 2.31. The first-order chi connectivity index (χ1) is 10.8. The molecule has 0 fully saturated rings. The van der Waals surface area contributed by atoms with Gasteiger partial charge in [0.1, 0.15) is 0 Å². The molecule has 23 heavy (non-hydrogen) atoms. The van der Waals surface area contributed by atoms with Crippen LogP contribution in [0.5, 0.6) is 0 Å². The topological polar surface area (TPSA) is 53.2 Å². The van der Waals surface area contributed by atoms with Crippen molar-refractivity contribution in [3.05, 3.63) is 57.1 Å². The van der Waals surface area contributed by atoms with Gasteiger partial charge >= 0.3 is 17.3 Å². The van der Waals surface area contributed by atoms with Crippen LogP contribution in [0.15, 0.2) is 40.4 Å². The number of nitrogens with zero attached hydrogens (tertiary/aromatic N) is 2. The molecule has 0 saturated heterocycles. The Bertz CT molecular complexity index is 850. The average molecular weight is 328 g/mol. The molecule has 0 saturated carbocycles. The van der Waals surface area contributed by atoms with Crippen molar-refractivity contribution in [1.82, 2.24) is 9.13 Å². The van der Waals surface area contributed by atoms with Crippen LogP contribution in [0.3, 0.4) is 0 Å². The van der Waals surface area contributed by atoms with Gasteiger partial charge in [0.2, 0.25) is 0 Å². The summed E-state index contributed by atoms with van der Waals surface area (Å²) in [6, 6.07) is 2.94. The molecule has 0 aliphatic carbocycles. The number of rotatable bonds is 5. The summed E-state index contributed by atoms with van der Waals surface area (Å²) in [5, 5.41) is 0. The molecule has 124 valence electrons. The lowest BCUT2D eigenvalue weighted by atomic mass is 10.1. The average Bonchev–Trinajstić information content (AvgIpc) is 2.50. The van der Waals surface area contributed by atoms with Crippen LogP contribution in [0.25, 0.3) is 11.0 Å². The quantitative estimate of drug-likeness (QED) is 0.623. The number of methoxy groups -OCH3 is 1. The highest BCUT2D eigenvalue weighted by Gasteiger charge is 2.31. The van der Waals surface area contributed by atoms with Gasteiger partial charge in [-0.1, -0.05) is 6.08 Å². The molecular formula is C15H15F3N2O3. The molecule has 0 atom stereocenters. The number of hydrogen-bond donors (Lipinski definition) is 0. The first-order valence-corrected chi connectivity index (χ1v) is 6.75. The van der Waals surface area contributed by atoms with Crippen LogP contribution in [-0.4, -0.2) is 22.9 Å². The van der Waals surface area contributed by atoms with E-state index in [2.05, 4.69) is 6.58 Å². The molecule has 8 heteroatoms. The first kappa shape index (κ1) is 17.0. The standard InChI is InChI=1S/C15H15F3N2O3/c1-3-6-19-12-9-10(15(16,17)18)4-5-11(12)20(7-8-23-2)14(22)13(19)21/h3-5,9H,1,6-8H2,2H3. The summed E-state index contributed by atoms with van der Waals surface area (Å²) >= 11 is 0. The molecule has 0 unspecified atom stereocenters. The number of hydrogen-bond acceptors (Lipinski definition) is 3. The van der Waals surface area contributed by atoms with Crippen molar-refractivity contribution in [3.8, 4) is 0 Å². The van der Waals surface area contributed by atoms with Gasteiger partial charge in [0, 0.05) is 20.2 Å². The third kappa shape index (κ3) is 3.21. The minimum Gasteiger partial charge on any atom is -0.383 e. The van der Waals surface area contributed by atoms with Gasteiger partial charge in [0.15, 0.2) is 0 Å². The van der Waals surface area contributed by atoms with Crippen LogP contribution in [0.4, 0.5) is 13.2 Å². The van der Waals surface area contributed by atoms with E-state index in [-0.39, 0.29) is 30.7 Å². The molecule has 0 bridgehead atoms. The number of alkyl halides is 3. The fourth-order valence-electron chi connectivity index (χ4n) is 2.31. The van der Waals surface area contributed by atoms with Crippen LogP contribution in [0, 0.1) is 0 Å². The number of ether oxygens (including phenoxy) is 1. The van der Waals surface area contributed by atoms with Gasteiger partial charge < -0.3 is 4.74 Å². The van der Waals surface area contributed by atoms with Crippen molar-refractivity contribution in [2.24, 2.45) is 0 Å². The van der Waals surface area contributed by atoms with Gasteiger partial charge in [-0.25, -0.2) is 0 Å². The van der Waals surface area contributed by atoms with E-state index >= 15 is 0 Å². The predicted molar refractivity (Wildman–Crippen MR) is 79.5 cm³/mol. The predicted octanol–water partition coefficient (Wildman–Crippen LogP) is 2.01. The summed E-state index contributed by atoms with van der Waals surface area (Å²) in [4.78, 5) is 24.4. The highest BCUT2D eigenvalue weighted by atomic mass is 19.4. The minimum atomic E-state index is -4.54. The maximum Gasteiger partial charge on any atom is 0.416 e. The zero-order valence-corrected chi connectivity index (χ0v) is 12.4. The molecule has 0 aliphatic rings. The monoisotopic (exact) mass is 328 g/mol. The van der Waals surface area contributed by atoms with Gasteiger partial charge in [-0.2, -0.15) is 13.2 Å². The summed E-state index contributed by atoms with van der Waals surface area (Å²) in [7, 11) is 1.42.